The zero-order valence-corrected chi connectivity index (χ0v) is 8.53. The lowest BCUT2D eigenvalue weighted by atomic mass is 10.2. The first-order valence-electron chi connectivity index (χ1n) is 4.56. The predicted octanol–water partition coefficient (Wildman–Crippen LogP) is -0.0837. The molecule has 1 saturated heterocycles. The average molecular weight is 209 g/mol. The van der Waals surface area contributed by atoms with Crippen molar-refractivity contribution in [3.05, 3.63) is 11.4 Å². The van der Waals surface area contributed by atoms with Gasteiger partial charge in [-0.3, -0.25) is 14.7 Å². The zero-order valence-electron chi connectivity index (χ0n) is 8.53. The van der Waals surface area contributed by atoms with Crippen molar-refractivity contribution in [2.75, 3.05) is 18.1 Å². The minimum atomic E-state index is -0.348. The Labute approximate surface area is 86.2 Å². The zero-order chi connectivity index (χ0) is 11.0. The largest absolute Gasteiger partial charge is 0.362 e. The van der Waals surface area contributed by atoms with Crippen LogP contribution in [0.25, 0.3) is 0 Å². The first-order chi connectivity index (χ1) is 7.11. The van der Waals surface area contributed by atoms with E-state index in [4.69, 9.17) is 4.74 Å². The summed E-state index contributed by atoms with van der Waals surface area (Å²) in [5.41, 5.74) is 1.89. The third-order valence-corrected chi connectivity index (χ3v) is 2.26. The maximum atomic E-state index is 11.5. The Balaban J connectivity index is 2.44. The highest BCUT2D eigenvalue weighted by Crippen LogP contribution is 2.23. The summed E-state index contributed by atoms with van der Waals surface area (Å²) in [6.07, 6.45) is 0. The van der Waals surface area contributed by atoms with Crippen LogP contribution in [0.4, 0.5) is 5.69 Å². The average Bonchev–Trinajstić information content (AvgIpc) is 2.49. The van der Waals surface area contributed by atoms with Gasteiger partial charge < -0.3 is 4.74 Å². The van der Waals surface area contributed by atoms with Crippen LogP contribution < -0.4 is 4.90 Å². The number of nitrogens with one attached hydrogen (secondary N) is 1. The number of aryl methyl sites for hydroxylation is 2. The molecule has 0 aliphatic carbocycles. The van der Waals surface area contributed by atoms with E-state index in [-0.39, 0.29) is 25.0 Å². The predicted molar refractivity (Wildman–Crippen MR) is 51.4 cm³/mol. The molecular formula is C9H11N3O3. The summed E-state index contributed by atoms with van der Waals surface area (Å²) in [5.74, 6) is -0.697. The van der Waals surface area contributed by atoms with Gasteiger partial charge in [0.15, 0.2) is 0 Å². The quantitative estimate of drug-likeness (QED) is 0.656. The van der Waals surface area contributed by atoms with Crippen LogP contribution in [0.5, 0.6) is 0 Å². The lowest BCUT2D eigenvalue weighted by molar-refractivity contribution is -0.138. The van der Waals surface area contributed by atoms with Gasteiger partial charge in [0.05, 0.1) is 17.1 Å². The number of ether oxygens (including phenoxy) is 1. The molecule has 1 aliphatic heterocycles. The molecule has 1 aromatic rings. The summed E-state index contributed by atoms with van der Waals surface area (Å²) >= 11 is 0. The van der Waals surface area contributed by atoms with Crippen molar-refractivity contribution in [2.24, 2.45) is 0 Å². The van der Waals surface area contributed by atoms with Gasteiger partial charge in [0.25, 0.3) is 11.8 Å². The second-order valence-electron chi connectivity index (χ2n) is 3.40. The van der Waals surface area contributed by atoms with Crippen molar-refractivity contribution in [1.82, 2.24) is 10.2 Å². The van der Waals surface area contributed by atoms with Crippen LogP contribution in [0, 0.1) is 13.8 Å². The molecule has 1 aromatic heterocycles. The number of imide groups is 1. The molecule has 2 heterocycles. The van der Waals surface area contributed by atoms with Crippen molar-refractivity contribution < 1.29 is 14.3 Å². The molecule has 2 amide bonds. The smallest absolute Gasteiger partial charge is 0.259 e. The second-order valence-corrected chi connectivity index (χ2v) is 3.40. The number of rotatable bonds is 1. The molecule has 0 spiro atoms. The van der Waals surface area contributed by atoms with Crippen LogP contribution in [-0.2, 0) is 14.3 Å². The maximum Gasteiger partial charge on any atom is 0.259 e. The van der Waals surface area contributed by atoms with Gasteiger partial charge in [0, 0.05) is 0 Å². The highest BCUT2D eigenvalue weighted by atomic mass is 16.5. The summed E-state index contributed by atoms with van der Waals surface area (Å²) in [6.45, 7) is 3.39. The molecule has 2 rings (SSSR count). The van der Waals surface area contributed by atoms with Crippen molar-refractivity contribution >= 4 is 17.5 Å². The molecule has 6 heteroatoms. The number of carbonyl (C=O) groups is 2. The maximum absolute atomic E-state index is 11.5. The molecule has 0 bridgehead atoms. The third kappa shape index (κ3) is 1.52. The molecule has 80 valence electrons. The number of hydrogen-bond donors (Lipinski definition) is 1. The van der Waals surface area contributed by atoms with Crippen LogP contribution in [0.2, 0.25) is 0 Å². The summed E-state index contributed by atoms with van der Waals surface area (Å²) in [5, 5.41) is 6.69. The Morgan fingerprint density at radius 2 is 1.87 bits per heavy atom. The molecule has 0 saturated carbocycles. The summed E-state index contributed by atoms with van der Waals surface area (Å²) < 4.78 is 4.83. The molecule has 0 aromatic carbocycles. The standard InChI is InChI=1S/C9H11N3O3/c1-5-9(6(2)11-10-5)12-7(13)3-15-4-8(12)14/h3-4H2,1-2H3,(H,10,11). The fourth-order valence-corrected chi connectivity index (χ4v) is 1.62. The highest BCUT2D eigenvalue weighted by Gasteiger charge is 2.31. The number of carbonyl (C=O) groups excluding carboxylic acids is 2. The fraction of sp³-hybridized carbons (Fsp3) is 0.444. The van der Waals surface area contributed by atoms with Gasteiger partial charge in [-0.2, -0.15) is 5.10 Å². The molecule has 0 atom stereocenters. The number of morpholine rings is 1. The molecule has 0 unspecified atom stereocenters. The van der Waals surface area contributed by atoms with Gasteiger partial charge in [-0.25, -0.2) is 4.90 Å². The van der Waals surface area contributed by atoms with E-state index in [0.717, 1.165) is 4.90 Å². The molecule has 6 nitrogen and oxygen atoms in total. The van der Waals surface area contributed by atoms with Crippen LogP contribution >= 0.6 is 0 Å². The van der Waals surface area contributed by atoms with E-state index in [1.54, 1.807) is 13.8 Å². The summed E-state index contributed by atoms with van der Waals surface area (Å²) in [6, 6.07) is 0. The summed E-state index contributed by atoms with van der Waals surface area (Å²) in [7, 11) is 0. The van der Waals surface area contributed by atoms with Crippen LogP contribution in [0.3, 0.4) is 0 Å². The van der Waals surface area contributed by atoms with Crippen molar-refractivity contribution in [3.8, 4) is 0 Å². The number of amides is 2. The normalized spacial score (nSPS) is 17.3. The fourth-order valence-electron chi connectivity index (χ4n) is 1.62. The Bertz CT molecular complexity index is 389. The van der Waals surface area contributed by atoms with Crippen LogP contribution in [0.15, 0.2) is 0 Å². The van der Waals surface area contributed by atoms with Gasteiger partial charge >= 0.3 is 0 Å². The van der Waals surface area contributed by atoms with Gasteiger partial charge in [0.1, 0.15) is 13.2 Å². The minimum Gasteiger partial charge on any atom is -0.362 e. The van der Waals surface area contributed by atoms with Gasteiger partial charge in [-0.05, 0) is 13.8 Å². The Kier molecular flexibility index (Phi) is 2.28. The Morgan fingerprint density at radius 3 is 2.33 bits per heavy atom. The highest BCUT2D eigenvalue weighted by molar-refractivity contribution is 6.17. The van der Waals surface area contributed by atoms with E-state index in [2.05, 4.69) is 10.2 Å². The topological polar surface area (TPSA) is 75.3 Å². The molecule has 1 N–H and O–H groups in total. The van der Waals surface area contributed by atoms with E-state index >= 15 is 0 Å². The summed E-state index contributed by atoms with van der Waals surface area (Å²) in [4.78, 5) is 24.2. The third-order valence-electron chi connectivity index (χ3n) is 2.26. The van der Waals surface area contributed by atoms with Crippen molar-refractivity contribution in [2.45, 2.75) is 13.8 Å². The SMILES string of the molecule is Cc1n[nH]c(C)c1N1C(=O)COCC1=O. The van der Waals surface area contributed by atoms with Gasteiger partial charge in [-0.1, -0.05) is 0 Å². The minimum absolute atomic E-state index is 0.0597. The number of anilines is 1. The van der Waals surface area contributed by atoms with E-state index in [0.29, 0.717) is 17.1 Å². The van der Waals surface area contributed by atoms with E-state index in [9.17, 15) is 9.59 Å². The Morgan fingerprint density at radius 1 is 1.27 bits per heavy atom. The molecule has 0 radical (unpaired) electrons. The first kappa shape index (κ1) is 9.85. The lowest BCUT2D eigenvalue weighted by Gasteiger charge is -2.24. The number of nitrogens with zero attached hydrogens (tertiary/aromatic N) is 2. The Hall–Kier alpha value is -1.69. The number of hydrogen-bond acceptors (Lipinski definition) is 4. The first-order valence-corrected chi connectivity index (χ1v) is 4.56. The van der Waals surface area contributed by atoms with Crippen LogP contribution in [-0.4, -0.2) is 35.2 Å². The molecular weight excluding hydrogens is 198 g/mol. The van der Waals surface area contributed by atoms with Crippen molar-refractivity contribution in [1.29, 1.82) is 0 Å². The second kappa shape index (κ2) is 3.47. The van der Waals surface area contributed by atoms with Gasteiger partial charge in [0.2, 0.25) is 0 Å². The molecule has 1 aliphatic rings. The van der Waals surface area contributed by atoms with E-state index in [1.165, 1.54) is 0 Å². The number of aromatic nitrogens is 2. The van der Waals surface area contributed by atoms with Gasteiger partial charge in [-0.15, -0.1) is 0 Å². The lowest BCUT2D eigenvalue weighted by Crippen LogP contribution is -2.46. The molecule has 15 heavy (non-hydrogen) atoms. The van der Waals surface area contributed by atoms with E-state index < -0.39 is 0 Å². The molecule has 1 fully saturated rings. The number of H-pyrrole nitrogens is 1. The van der Waals surface area contributed by atoms with Crippen LogP contribution in [0.1, 0.15) is 11.4 Å². The monoisotopic (exact) mass is 209 g/mol. The number of aromatic amines is 1. The van der Waals surface area contributed by atoms with E-state index in [1.807, 2.05) is 0 Å². The van der Waals surface area contributed by atoms with Crippen molar-refractivity contribution in [3.63, 3.8) is 0 Å².